The number of hydrogen-bond acceptors (Lipinski definition) is 4. The van der Waals surface area contributed by atoms with E-state index in [1.807, 2.05) is 19.1 Å². The molecule has 0 spiro atoms. The maximum Gasteiger partial charge on any atom is 0.167 e. The van der Waals surface area contributed by atoms with Gasteiger partial charge in [-0.1, -0.05) is 12.1 Å². The molecule has 0 saturated heterocycles. The number of aryl methyl sites for hydroxylation is 1. The van der Waals surface area contributed by atoms with Gasteiger partial charge in [-0.05, 0) is 31.0 Å². The van der Waals surface area contributed by atoms with Crippen LogP contribution in [0.15, 0.2) is 24.3 Å². The first-order valence-electron chi connectivity index (χ1n) is 5.07. The molecule has 0 aliphatic rings. The minimum Gasteiger partial charge on any atom is -0.508 e. The van der Waals surface area contributed by atoms with E-state index in [0.717, 1.165) is 11.4 Å². The van der Waals surface area contributed by atoms with Crippen molar-refractivity contribution in [2.75, 3.05) is 0 Å². The summed E-state index contributed by atoms with van der Waals surface area (Å²) >= 11 is 0. The number of aromatic nitrogens is 3. The Bertz CT molecular complexity index is 463. The smallest absolute Gasteiger partial charge is 0.167 e. The Labute approximate surface area is 93.3 Å². The fourth-order valence-corrected chi connectivity index (χ4v) is 1.50. The molecule has 4 N–H and O–H groups in total. The average molecular weight is 218 g/mol. The van der Waals surface area contributed by atoms with E-state index in [2.05, 4.69) is 15.2 Å². The van der Waals surface area contributed by atoms with E-state index in [4.69, 9.17) is 10.8 Å². The lowest BCUT2D eigenvalue weighted by atomic mass is 10.1. The van der Waals surface area contributed by atoms with Gasteiger partial charge in [0, 0.05) is 0 Å². The first-order chi connectivity index (χ1) is 7.65. The minimum absolute atomic E-state index is 0.227. The Morgan fingerprint density at radius 3 is 2.62 bits per heavy atom. The second-order valence-electron chi connectivity index (χ2n) is 3.76. The monoisotopic (exact) mass is 218 g/mol. The summed E-state index contributed by atoms with van der Waals surface area (Å²) in [4.78, 5) is 4.18. The molecule has 0 amide bonds. The summed E-state index contributed by atoms with van der Waals surface area (Å²) in [5.74, 6) is 1.63. The number of nitrogens with one attached hydrogen (secondary N) is 1. The second kappa shape index (κ2) is 4.32. The van der Waals surface area contributed by atoms with Crippen LogP contribution < -0.4 is 5.73 Å². The predicted molar refractivity (Wildman–Crippen MR) is 59.9 cm³/mol. The normalized spacial score (nSPS) is 12.6. The van der Waals surface area contributed by atoms with Crippen molar-refractivity contribution in [3.63, 3.8) is 0 Å². The fraction of sp³-hybridized carbons (Fsp3) is 0.273. The summed E-state index contributed by atoms with van der Waals surface area (Å²) in [5.41, 5.74) is 7.02. The van der Waals surface area contributed by atoms with Gasteiger partial charge in [0.1, 0.15) is 11.6 Å². The Kier molecular flexibility index (Phi) is 2.87. The van der Waals surface area contributed by atoms with Gasteiger partial charge in [0.15, 0.2) is 5.82 Å². The maximum atomic E-state index is 9.15. The van der Waals surface area contributed by atoms with Crippen LogP contribution in [0.1, 0.15) is 23.3 Å². The van der Waals surface area contributed by atoms with Crippen LogP contribution in [-0.4, -0.2) is 20.3 Å². The van der Waals surface area contributed by atoms with Gasteiger partial charge >= 0.3 is 0 Å². The third kappa shape index (κ3) is 2.38. The molecule has 2 aromatic rings. The van der Waals surface area contributed by atoms with Gasteiger partial charge in [-0.3, -0.25) is 5.10 Å². The lowest BCUT2D eigenvalue weighted by Gasteiger charge is -2.07. The minimum atomic E-state index is -0.227. The van der Waals surface area contributed by atoms with E-state index in [1.165, 1.54) is 0 Å². The highest BCUT2D eigenvalue weighted by molar-refractivity contribution is 5.26. The molecular weight excluding hydrogens is 204 g/mol. The number of H-pyrrole nitrogens is 1. The summed E-state index contributed by atoms with van der Waals surface area (Å²) in [6, 6.07) is 6.74. The molecule has 0 aliphatic heterocycles. The Morgan fingerprint density at radius 1 is 1.38 bits per heavy atom. The molecule has 0 aliphatic carbocycles. The number of phenolic OH excluding ortho intramolecular Hbond substituents is 1. The van der Waals surface area contributed by atoms with Crippen molar-refractivity contribution in [2.24, 2.45) is 5.73 Å². The van der Waals surface area contributed by atoms with Gasteiger partial charge in [0.2, 0.25) is 0 Å². The van der Waals surface area contributed by atoms with Gasteiger partial charge in [0.25, 0.3) is 0 Å². The Balaban J connectivity index is 2.07. The zero-order valence-electron chi connectivity index (χ0n) is 9.01. The lowest BCUT2D eigenvalue weighted by Crippen LogP contribution is -2.15. The highest BCUT2D eigenvalue weighted by Crippen LogP contribution is 2.15. The summed E-state index contributed by atoms with van der Waals surface area (Å²) in [6.45, 7) is 1.84. The van der Waals surface area contributed by atoms with Crippen LogP contribution in [0.2, 0.25) is 0 Å². The molecule has 0 fully saturated rings. The third-order valence-electron chi connectivity index (χ3n) is 2.34. The van der Waals surface area contributed by atoms with Crippen molar-refractivity contribution >= 4 is 0 Å². The quantitative estimate of drug-likeness (QED) is 0.718. The fourth-order valence-electron chi connectivity index (χ4n) is 1.50. The zero-order valence-corrected chi connectivity index (χ0v) is 9.01. The van der Waals surface area contributed by atoms with Crippen LogP contribution in [0.3, 0.4) is 0 Å². The van der Waals surface area contributed by atoms with Gasteiger partial charge in [-0.25, -0.2) is 4.98 Å². The van der Waals surface area contributed by atoms with Crippen LogP contribution in [0.5, 0.6) is 5.75 Å². The van der Waals surface area contributed by atoms with Crippen molar-refractivity contribution in [3.05, 3.63) is 41.5 Å². The molecule has 5 heteroatoms. The van der Waals surface area contributed by atoms with Gasteiger partial charge in [-0.15, -0.1) is 0 Å². The van der Waals surface area contributed by atoms with Crippen molar-refractivity contribution < 1.29 is 5.11 Å². The van der Waals surface area contributed by atoms with E-state index in [1.54, 1.807) is 12.1 Å². The van der Waals surface area contributed by atoms with E-state index in [-0.39, 0.29) is 11.8 Å². The number of phenols is 1. The molecule has 0 radical (unpaired) electrons. The highest BCUT2D eigenvalue weighted by atomic mass is 16.3. The van der Waals surface area contributed by atoms with E-state index >= 15 is 0 Å². The van der Waals surface area contributed by atoms with Gasteiger partial charge in [0.05, 0.1) is 6.04 Å². The number of hydrogen-bond donors (Lipinski definition) is 3. The number of aromatic hydroxyl groups is 1. The number of rotatable bonds is 3. The highest BCUT2D eigenvalue weighted by Gasteiger charge is 2.11. The zero-order chi connectivity index (χ0) is 11.5. The van der Waals surface area contributed by atoms with Gasteiger partial charge < -0.3 is 10.8 Å². The second-order valence-corrected chi connectivity index (χ2v) is 3.76. The van der Waals surface area contributed by atoms with E-state index in [0.29, 0.717) is 12.2 Å². The Morgan fingerprint density at radius 2 is 2.06 bits per heavy atom. The number of benzene rings is 1. The Hall–Kier alpha value is -1.88. The summed E-state index contributed by atoms with van der Waals surface area (Å²) in [5, 5.41) is 15.9. The largest absolute Gasteiger partial charge is 0.508 e. The van der Waals surface area contributed by atoms with Crippen LogP contribution in [0.4, 0.5) is 0 Å². The molecule has 5 nitrogen and oxygen atoms in total. The van der Waals surface area contributed by atoms with E-state index in [9.17, 15) is 0 Å². The number of nitrogens with zero attached hydrogens (tertiary/aromatic N) is 2. The molecule has 0 unspecified atom stereocenters. The van der Waals surface area contributed by atoms with Crippen LogP contribution in [0.25, 0.3) is 0 Å². The topological polar surface area (TPSA) is 87.8 Å². The van der Waals surface area contributed by atoms with Crippen LogP contribution in [-0.2, 0) is 6.42 Å². The van der Waals surface area contributed by atoms with Crippen molar-refractivity contribution in [1.82, 2.24) is 15.2 Å². The molecular formula is C11H14N4O. The first-order valence-corrected chi connectivity index (χ1v) is 5.07. The number of nitrogens with two attached hydrogens (primary N) is 1. The molecule has 84 valence electrons. The summed E-state index contributed by atoms with van der Waals surface area (Å²) in [7, 11) is 0. The van der Waals surface area contributed by atoms with E-state index < -0.39 is 0 Å². The standard InChI is InChI=1S/C11H14N4O/c1-7-13-11(15-14-7)10(12)6-8-2-4-9(16)5-3-8/h2-5,10,16H,6,12H2,1H3,(H,13,14,15)/t10-/m1/s1. The van der Waals surface area contributed by atoms with Gasteiger partial charge in [-0.2, -0.15) is 5.10 Å². The SMILES string of the molecule is Cc1nc([C@H](N)Cc2ccc(O)cc2)n[nH]1. The molecule has 1 heterocycles. The third-order valence-corrected chi connectivity index (χ3v) is 2.34. The van der Waals surface area contributed by atoms with Crippen molar-refractivity contribution in [2.45, 2.75) is 19.4 Å². The van der Waals surface area contributed by atoms with Crippen molar-refractivity contribution in [1.29, 1.82) is 0 Å². The molecule has 0 saturated carbocycles. The predicted octanol–water partition coefficient (Wildman–Crippen LogP) is 1.06. The molecule has 1 aromatic heterocycles. The first kappa shape index (κ1) is 10.6. The lowest BCUT2D eigenvalue weighted by molar-refractivity contribution is 0.475. The molecule has 0 bridgehead atoms. The molecule has 16 heavy (non-hydrogen) atoms. The number of aromatic amines is 1. The van der Waals surface area contributed by atoms with Crippen LogP contribution in [0, 0.1) is 6.92 Å². The summed E-state index contributed by atoms with van der Waals surface area (Å²) in [6.07, 6.45) is 0.650. The maximum absolute atomic E-state index is 9.15. The van der Waals surface area contributed by atoms with Crippen molar-refractivity contribution in [3.8, 4) is 5.75 Å². The molecule has 1 aromatic carbocycles. The summed E-state index contributed by atoms with van der Waals surface area (Å²) < 4.78 is 0. The average Bonchev–Trinajstić information content (AvgIpc) is 2.68. The van der Waals surface area contributed by atoms with Crippen LogP contribution >= 0.6 is 0 Å². The molecule has 1 atom stereocenters. The molecule has 2 rings (SSSR count).